The van der Waals surface area contributed by atoms with Crippen molar-refractivity contribution in [1.29, 1.82) is 0 Å². The van der Waals surface area contributed by atoms with Gasteiger partial charge in [-0.3, -0.25) is 14.4 Å². The van der Waals surface area contributed by atoms with Gasteiger partial charge in [0.25, 0.3) is 0 Å². The molecule has 1 spiro atoms. The molecule has 0 radical (unpaired) electrons. The molecule has 3 heterocycles. The Bertz CT molecular complexity index is 1040. The van der Waals surface area contributed by atoms with Crippen molar-refractivity contribution >= 4 is 35.2 Å². The van der Waals surface area contributed by atoms with Crippen molar-refractivity contribution in [1.82, 2.24) is 10.2 Å². The molecule has 4 aliphatic rings. The number of likely N-dealkylation sites (tertiary alicyclic amines) is 1. The molecule has 1 saturated carbocycles. The van der Waals surface area contributed by atoms with E-state index >= 15 is 0 Å². The Labute approximate surface area is 211 Å². The van der Waals surface area contributed by atoms with Crippen LogP contribution in [0, 0.1) is 11.8 Å². The van der Waals surface area contributed by atoms with Crippen LogP contribution in [-0.4, -0.2) is 58.7 Å². The number of carbonyl (C=O) groups excluding carboxylic acids is 3. The minimum atomic E-state index is -1.10. The summed E-state index contributed by atoms with van der Waals surface area (Å²) < 4.78 is 6.42. The zero-order valence-electron chi connectivity index (χ0n) is 20.7. The van der Waals surface area contributed by atoms with E-state index in [-0.39, 0.29) is 29.8 Å². The number of ether oxygens (including phenoxy) is 1. The lowest BCUT2D eigenvalue weighted by Crippen LogP contribution is -2.58. The van der Waals surface area contributed by atoms with Crippen LogP contribution in [0.25, 0.3) is 0 Å². The molecule has 1 aliphatic carbocycles. The number of thioether (sulfide) groups is 1. The van der Waals surface area contributed by atoms with E-state index in [1.54, 1.807) is 16.7 Å². The molecule has 3 amide bonds. The van der Waals surface area contributed by atoms with E-state index in [2.05, 4.69) is 10.6 Å². The molecule has 1 aromatic carbocycles. The van der Waals surface area contributed by atoms with Crippen LogP contribution in [0.5, 0.6) is 0 Å². The third-order valence-electron chi connectivity index (χ3n) is 8.22. The van der Waals surface area contributed by atoms with Gasteiger partial charge in [0.15, 0.2) is 0 Å². The summed E-state index contributed by atoms with van der Waals surface area (Å²) in [6, 6.07) is 6.88. The number of fused-ring (bicyclic) bond motifs is 1. The highest BCUT2D eigenvalue weighted by molar-refractivity contribution is 7.98. The SMILES string of the molecule is CCC(C)N1C(=O)C2C(C(=O)Nc3cccc(SC)c3)C3C=CC2(O3)C1C(=O)NC1CCCCC1. The van der Waals surface area contributed by atoms with E-state index in [1.807, 2.05) is 56.5 Å². The summed E-state index contributed by atoms with van der Waals surface area (Å²) in [5.41, 5.74) is -0.411. The summed E-state index contributed by atoms with van der Waals surface area (Å²) in [6.07, 6.45) is 11.3. The summed E-state index contributed by atoms with van der Waals surface area (Å²) >= 11 is 1.60. The monoisotopic (exact) mass is 497 g/mol. The quantitative estimate of drug-likeness (QED) is 0.443. The number of benzene rings is 1. The Morgan fingerprint density at radius 3 is 2.71 bits per heavy atom. The topological polar surface area (TPSA) is 87.7 Å². The third kappa shape index (κ3) is 4.08. The number of anilines is 1. The number of hydrogen-bond acceptors (Lipinski definition) is 5. The van der Waals surface area contributed by atoms with Crippen LogP contribution in [-0.2, 0) is 19.1 Å². The van der Waals surface area contributed by atoms with E-state index in [0.717, 1.165) is 30.6 Å². The van der Waals surface area contributed by atoms with E-state index in [1.165, 1.54) is 6.42 Å². The molecule has 6 unspecified atom stereocenters. The number of carbonyl (C=O) groups is 3. The summed E-state index contributed by atoms with van der Waals surface area (Å²) in [4.78, 5) is 43.9. The summed E-state index contributed by atoms with van der Waals surface area (Å²) in [5.74, 6) is -1.95. The van der Waals surface area contributed by atoms with Gasteiger partial charge in [0.2, 0.25) is 17.7 Å². The maximum Gasteiger partial charge on any atom is 0.246 e. The Hall–Kier alpha value is -2.32. The first kappa shape index (κ1) is 24.4. The van der Waals surface area contributed by atoms with Gasteiger partial charge in [0.05, 0.1) is 17.9 Å². The first-order valence-electron chi connectivity index (χ1n) is 12.8. The average Bonchev–Trinajstić information content (AvgIpc) is 3.51. The summed E-state index contributed by atoms with van der Waals surface area (Å²) in [7, 11) is 0. The maximum atomic E-state index is 13.9. The van der Waals surface area contributed by atoms with Gasteiger partial charge in [-0.2, -0.15) is 0 Å². The molecule has 2 bridgehead atoms. The number of amides is 3. The van der Waals surface area contributed by atoms with Crippen molar-refractivity contribution in [3.63, 3.8) is 0 Å². The highest BCUT2D eigenvalue weighted by Gasteiger charge is 2.73. The van der Waals surface area contributed by atoms with Gasteiger partial charge in [-0.1, -0.05) is 44.4 Å². The third-order valence-corrected chi connectivity index (χ3v) is 8.94. The average molecular weight is 498 g/mol. The van der Waals surface area contributed by atoms with Crippen molar-refractivity contribution in [2.45, 2.75) is 87.1 Å². The second-order valence-electron chi connectivity index (χ2n) is 10.3. The number of nitrogens with one attached hydrogen (secondary N) is 2. The number of rotatable bonds is 7. The molecule has 6 atom stereocenters. The molecule has 5 rings (SSSR count). The van der Waals surface area contributed by atoms with Crippen LogP contribution in [0.3, 0.4) is 0 Å². The normalized spacial score (nSPS) is 32.5. The van der Waals surface area contributed by atoms with Gasteiger partial charge < -0.3 is 20.3 Å². The molecule has 7 nitrogen and oxygen atoms in total. The first-order valence-corrected chi connectivity index (χ1v) is 14.1. The van der Waals surface area contributed by atoms with E-state index in [4.69, 9.17) is 4.74 Å². The maximum absolute atomic E-state index is 13.9. The van der Waals surface area contributed by atoms with Gasteiger partial charge in [0.1, 0.15) is 11.6 Å². The summed E-state index contributed by atoms with van der Waals surface area (Å²) in [6.45, 7) is 3.98. The Kier molecular flexibility index (Phi) is 6.70. The highest BCUT2D eigenvalue weighted by atomic mass is 32.2. The fraction of sp³-hybridized carbons (Fsp3) is 0.593. The van der Waals surface area contributed by atoms with Crippen LogP contribution >= 0.6 is 11.8 Å². The fourth-order valence-corrected chi connectivity index (χ4v) is 6.79. The van der Waals surface area contributed by atoms with Crippen LogP contribution < -0.4 is 10.6 Å². The minimum Gasteiger partial charge on any atom is -0.359 e. The lowest BCUT2D eigenvalue weighted by atomic mass is 9.74. The van der Waals surface area contributed by atoms with Crippen LogP contribution in [0.2, 0.25) is 0 Å². The minimum absolute atomic E-state index is 0.131. The van der Waals surface area contributed by atoms with Gasteiger partial charge in [-0.15, -0.1) is 11.8 Å². The Balaban J connectivity index is 1.44. The van der Waals surface area contributed by atoms with Crippen molar-refractivity contribution < 1.29 is 19.1 Å². The molecule has 2 saturated heterocycles. The van der Waals surface area contributed by atoms with E-state index < -0.39 is 29.6 Å². The summed E-state index contributed by atoms with van der Waals surface area (Å²) in [5, 5.41) is 6.23. The van der Waals surface area contributed by atoms with Crippen LogP contribution in [0.15, 0.2) is 41.3 Å². The molecular weight excluding hydrogens is 462 g/mol. The van der Waals surface area contributed by atoms with E-state index in [0.29, 0.717) is 12.1 Å². The molecule has 2 N–H and O–H groups in total. The lowest BCUT2D eigenvalue weighted by Gasteiger charge is -2.36. The molecular formula is C27H35N3O4S. The predicted octanol–water partition coefficient (Wildman–Crippen LogP) is 3.75. The van der Waals surface area contributed by atoms with Gasteiger partial charge >= 0.3 is 0 Å². The van der Waals surface area contributed by atoms with Gasteiger partial charge in [-0.05, 0) is 50.6 Å². The number of hydrogen-bond donors (Lipinski definition) is 2. The predicted molar refractivity (Wildman–Crippen MR) is 136 cm³/mol. The smallest absolute Gasteiger partial charge is 0.246 e. The van der Waals surface area contributed by atoms with Crippen LogP contribution in [0.1, 0.15) is 52.4 Å². The number of nitrogens with zero attached hydrogens (tertiary/aromatic N) is 1. The molecule has 35 heavy (non-hydrogen) atoms. The molecule has 1 aromatic rings. The lowest BCUT2D eigenvalue weighted by molar-refractivity contribution is -0.143. The second kappa shape index (κ2) is 9.62. The van der Waals surface area contributed by atoms with Crippen LogP contribution in [0.4, 0.5) is 5.69 Å². The Morgan fingerprint density at radius 2 is 2.00 bits per heavy atom. The zero-order chi connectivity index (χ0) is 24.7. The molecule has 188 valence electrons. The Morgan fingerprint density at radius 1 is 1.23 bits per heavy atom. The van der Waals surface area contributed by atoms with Crippen molar-refractivity contribution in [3.05, 3.63) is 36.4 Å². The molecule has 3 fully saturated rings. The fourth-order valence-electron chi connectivity index (χ4n) is 6.33. The second-order valence-corrected chi connectivity index (χ2v) is 11.1. The standard InChI is InChI=1S/C27H35N3O4S/c1-4-16(2)30-23(25(32)28-17-9-6-5-7-10-17)27-14-13-20(34-27)21(22(27)26(30)33)24(31)29-18-11-8-12-19(15-18)35-3/h8,11-17,20-23H,4-7,9-10H2,1-3H3,(H,28,32)(H,29,31). The molecule has 0 aromatic heterocycles. The zero-order valence-corrected chi connectivity index (χ0v) is 21.5. The van der Waals surface area contributed by atoms with Crippen molar-refractivity contribution in [2.75, 3.05) is 11.6 Å². The molecule has 3 aliphatic heterocycles. The largest absolute Gasteiger partial charge is 0.359 e. The van der Waals surface area contributed by atoms with Gasteiger partial charge in [-0.25, -0.2) is 0 Å². The van der Waals surface area contributed by atoms with Crippen molar-refractivity contribution in [3.8, 4) is 0 Å². The van der Waals surface area contributed by atoms with Crippen molar-refractivity contribution in [2.24, 2.45) is 11.8 Å². The first-order chi connectivity index (χ1) is 16.9. The highest BCUT2D eigenvalue weighted by Crippen LogP contribution is 2.55. The molecule has 8 heteroatoms. The van der Waals surface area contributed by atoms with Gasteiger partial charge in [0, 0.05) is 22.7 Å². The van der Waals surface area contributed by atoms with E-state index in [9.17, 15) is 14.4 Å².